The molecule has 6 rings (SSSR count). The lowest BCUT2D eigenvalue weighted by atomic mass is 9.32. The number of esters is 1. The van der Waals surface area contributed by atoms with E-state index in [0.29, 0.717) is 42.6 Å². The van der Waals surface area contributed by atoms with Gasteiger partial charge in [0.05, 0.1) is 12.8 Å². The third-order valence-electron chi connectivity index (χ3n) is 17.2. The first kappa shape index (κ1) is 39.3. The molecule has 0 aromatic carbocycles. The zero-order valence-corrected chi connectivity index (χ0v) is 34.0. The number of carbonyl (C=O) groups is 4. The second kappa shape index (κ2) is 13.4. The van der Waals surface area contributed by atoms with E-state index in [4.69, 9.17) is 4.74 Å². The summed E-state index contributed by atoms with van der Waals surface area (Å²) >= 11 is 0. The van der Waals surface area contributed by atoms with E-state index < -0.39 is 11.4 Å². The van der Waals surface area contributed by atoms with E-state index in [2.05, 4.69) is 53.4 Å². The van der Waals surface area contributed by atoms with Gasteiger partial charge in [-0.05, 0) is 134 Å². The highest BCUT2D eigenvalue weighted by Crippen LogP contribution is 2.78. The molecule has 2 amide bonds. The fourth-order valence-corrected chi connectivity index (χ4v) is 14.6. The Morgan fingerprint density at radius 3 is 2.19 bits per heavy atom. The van der Waals surface area contributed by atoms with Crippen LogP contribution in [-0.4, -0.2) is 59.0 Å². The van der Waals surface area contributed by atoms with Crippen LogP contribution in [0.15, 0.2) is 12.2 Å². The number of ether oxygens (including phenoxy) is 1. The van der Waals surface area contributed by atoms with Gasteiger partial charge in [-0.1, -0.05) is 60.6 Å². The number of likely N-dealkylation sites (tertiary alicyclic amines) is 1. The maximum atomic E-state index is 13.9. The zero-order valence-electron chi connectivity index (χ0n) is 34.0. The first-order valence-corrected chi connectivity index (χ1v) is 20.7. The SMILES string of the molecule is C=C(C)C1CC[C@]2(CC(=O)N[C@H]3CCN(C(C)=O)C3)CC[C@]3(C)[C@H](CCC4[C@@]5(C)CCC(OC(=O)CC(C)(C)CC(=O)O)C(C)(C)C5CC[C@]43C)C12. The Bertz CT molecular complexity index is 1470. The minimum absolute atomic E-state index is 0.00397. The fraction of sp³-hybridized carbons (Fsp3) is 0.864. The molecular formula is C44H70N2O6. The maximum absolute atomic E-state index is 13.9. The highest BCUT2D eigenvalue weighted by Gasteiger charge is 2.71. The third kappa shape index (κ3) is 6.46. The van der Waals surface area contributed by atoms with Gasteiger partial charge in [0.2, 0.25) is 11.8 Å². The van der Waals surface area contributed by atoms with Gasteiger partial charge in [0.25, 0.3) is 0 Å². The number of carboxylic acids is 1. The van der Waals surface area contributed by atoms with Gasteiger partial charge in [0, 0.05) is 37.9 Å². The summed E-state index contributed by atoms with van der Waals surface area (Å²) in [5.74, 6) is 1.59. The molecule has 5 saturated carbocycles. The minimum Gasteiger partial charge on any atom is -0.481 e. The molecule has 1 aliphatic heterocycles. The number of carbonyl (C=O) groups excluding carboxylic acids is 3. The molecule has 8 nitrogen and oxygen atoms in total. The zero-order chi connectivity index (χ0) is 38.2. The smallest absolute Gasteiger partial charge is 0.306 e. The number of amides is 2. The lowest BCUT2D eigenvalue weighted by molar-refractivity contribution is -0.250. The molecule has 11 atom stereocenters. The molecule has 1 heterocycles. The number of hydrogen-bond acceptors (Lipinski definition) is 5. The van der Waals surface area contributed by atoms with E-state index in [1.54, 1.807) is 6.92 Å². The Kier molecular flexibility index (Phi) is 10.2. The van der Waals surface area contributed by atoms with Crippen LogP contribution in [0.4, 0.5) is 0 Å². The number of fused-ring (bicyclic) bond motifs is 7. The number of hydrogen-bond donors (Lipinski definition) is 2. The van der Waals surface area contributed by atoms with Crippen molar-refractivity contribution in [3.63, 3.8) is 0 Å². The first-order chi connectivity index (χ1) is 24.1. The van der Waals surface area contributed by atoms with E-state index >= 15 is 0 Å². The van der Waals surface area contributed by atoms with Gasteiger partial charge < -0.3 is 20.1 Å². The van der Waals surface area contributed by atoms with Gasteiger partial charge in [0.15, 0.2) is 0 Å². The number of aliphatic carboxylic acids is 1. The van der Waals surface area contributed by atoms with Crippen LogP contribution in [0.5, 0.6) is 0 Å². The van der Waals surface area contributed by atoms with Gasteiger partial charge in [-0.2, -0.15) is 0 Å². The van der Waals surface area contributed by atoms with Crippen molar-refractivity contribution in [2.75, 3.05) is 13.1 Å². The van der Waals surface area contributed by atoms with E-state index in [-0.39, 0.29) is 69.8 Å². The van der Waals surface area contributed by atoms with Crippen molar-refractivity contribution < 1.29 is 29.0 Å². The highest BCUT2D eigenvalue weighted by atomic mass is 16.5. The molecule has 6 fully saturated rings. The second-order valence-electron chi connectivity index (χ2n) is 21.0. The van der Waals surface area contributed by atoms with E-state index in [1.165, 1.54) is 24.8 Å². The molecule has 52 heavy (non-hydrogen) atoms. The molecule has 292 valence electrons. The van der Waals surface area contributed by atoms with Crippen molar-refractivity contribution in [2.24, 2.45) is 62.1 Å². The fourth-order valence-electron chi connectivity index (χ4n) is 14.6. The largest absolute Gasteiger partial charge is 0.481 e. The Balaban J connectivity index is 1.21. The van der Waals surface area contributed by atoms with Crippen LogP contribution >= 0.6 is 0 Å². The Labute approximate surface area is 314 Å². The van der Waals surface area contributed by atoms with Gasteiger partial charge in [-0.25, -0.2) is 0 Å². The number of nitrogens with zero attached hydrogens (tertiary/aromatic N) is 1. The number of carboxylic acid groups (broad SMARTS) is 1. The van der Waals surface area contributed by atoms with Gasteiger partial charge in [-0.3, -0.25) is 19.2 Å². The molecule has 8 heteroatoms. The van der Waals surface area contributed by atoms with Gasteiger partial charge in [0.1, 0.15) is 6.10 Å². The van der Waals surface area contributed by atoms with Crippen molar-refractivity contribution in [2.45, 2.75) is 164 Å². The molecule has 1 saturated heterocycles. The van der Waals surface area contributed by atoms with Gasteiger partial charge in [-0.15, -0.1) is 0 Å². The number of rotatable bonds is 9. The van der Waals surface area contributed by atoms with Crippen molar-refractivity contribution in [3.05, 3.63) is 12.2 Å². The number of allylic oxidation sites excluding steroid dienone is 1. The van der Waals surface area contributed by atoms with Crippen LogP contribution in [-0.2, 0) is 23.9 Å². The summed E-state index contributed by atoms with van der Waals surface area (Å²) in [5.41, 5.74) is 0.960. The molecular weight excluding hydrogens is 652 g/mol. The maximum Gasteiger partial charge on any atom is 0.306 e. The average Bonchev–Trinajstić information content (AvgIpc) is 3.63. The molecule has 5 aliphatic carbocycles. The lowest BCUT2D eigenvalue weighted by Gasteiger charge is -2.73. The standard InChI is InChI=1S/C44H70N2O6/c1-27(2)30-13-19-44(23-35(48)45-29-16-22-46(26-29)28(3)47)21-20-42(9)31(38(30)44)11-12-33-41(8)17-15-34(40(6,7)32(41)14-18-43(33,42)10)52-37(51)25-39(4,5)24-36(49)50/h29-34,38H,1,11-26H2,2-10H3,(H,45,48)(H,49,50)/t29-,30?,31+,32?,33?,34?,38?,41-,42+,43+,44+/m0/s1. The second-order valence-corrected chi connectivity index (χ2v) is 21.0. The predicted molar refractivity (Wildman–Crippen MR) is 203 cm³/mol. The van der Waals surface area contributed by atoms with Crippen molar-refractivity contribution >= 4 is 23.8 Å². The van der Waals surface area contributed by atoms with Crippen LogP contribution in [0.2, 0.25) is 0 Å². The van der Waals surface area contributed by atoms with Crippen LogP contribution in [0, 0.1) is 62.1 Å². The molecule has 2 N–H and O–H groups in total. The monoisotopic (exact) mass is 723 g/mol. The summed E-state index contributed by atoms with van der Waals surface area (Å²) in [6.45, 7) is 25.9. The van der Waals surface area contributed by atoms with Crippen LogP contribution in [0.3, 0.4) is 0 Å². The molecule has 0 aromatic heterocycles. The highest BCUT2D eigenvalue weighted by molar-refractivity contribution is 5.78. The molecule has 0 bridgehead atoms. The Hall–Kier alpha value is -2.38. The molecule has 0 radical (unpaired) electrons. The molecule has 6 aliphatic rings. The lowest BCUT2D eigenvalue weighted by Crippen LogP contribution is -2.67. The van der Waals surface area contributed by atoms with Crippen molar-refractivity contribution in [1.82, 2.24) is 10.2 Å². The molecule has 0 aromatic rings. The van der Waals surface area contributed by atoms with E-state index in [1.807, 2.05) is 18.7 Å². The van der Waals surface area contributed by atoms with E-state index in [0.717, 1.165) is 57.9 Å². The third-order valence-corrected chi connectivity index (χ3v) is 17.2. The van der Waals surface area contributed by atoms with E-state index in [9.17, 15) is 24.3 Å². The minimum atomic E-state index is -0.889. The Morgan fingerprint density at radius 1 is 0.846 bits per heavy atom. The summed E-state index contributed by atoms with van der Waals surface area (Å²) in [6, 6.07) is 0.0513. The molecule has 5 unspecified atom stereocenters. The summed E-state index contributed by atoms with van der Waals surface area (Å²) in [4.78, 5) is 52.3. The summed E-state index contributed by atoms with van der Waals surface area (Å²) in [5, 5.41) is 12.7. The van der Waals surface area contributed by atoms with Crippen molar-refractivity contribution in [3.8, 4) is 0 Å². The summed E-state index contributed by atoms with van der Waals surface area (Å²) in [7, 11) is 0. The quantitative estimate of drug-likeness (QED) is 0.182. The van der Waals surface area contributed by atoms with Crippen LogP contribution in [0.1, 0.15) is 152 Å². The van der Waals surface area contributed by atoms with Crippen LogP contribution < -0.4 is 5.32 Å². The first-order valence-electron chi connectivity index (χ1n) is 20.7. The normalized spacial score (nSPS) is 42.2. The number of nitrogens with one attached hydrogen (secondary N) is 1. The summed E-state index contributed by atoms with van der Waals surface area (Å²) < 4.78 is 6.28. The topological polar surface area (TPSA) is 113 Å². The molecule has 0 spiro atoms. The predicted octanol–water partition coefficient (Wildman–Crippen LogP) is 8.57. The summed E-state index contributed by atoms with van der Waals surface area (Å²) in [6.07, 6.45) is 12.4. The van der Waals surface area contributed by atoms with Crippen molar-refractivity contribution in [1.29, 1.82) is 0 Å². The average molecular weight is 723 g/mol. The Morgan fingerprint density at radius 2 is 1.56 bits per heavy atom. The van der Waals surface area contributed by atoms with Gasteiger partial charge >= 0.3 is 11.9 Å². The van der Waals surface area contributed by atoms with Crippen LogP contribution in [0.25, 0.3) is 0 Å².